The van der Waals surface area contributed by atoms with Crippen LogP contribution in [0.1, 0.15) is 6.92 Å². The van der Waals surface area contributed by atoms with Crippen molar-refractivity contribution in [2.75, 3.05) is 17.8 Å². The Morgan fingerprint density at radius 2 is 2.31 bits per heavy atom. The number of allylic oxidation sites excluding steroid dienone is 1. The van der Waals surface area contributed by atoms with Gasteiger partial charge in [-0.3, -0.25) is 4.79 Å². The smallest absolute Gasteiger partial charge is 0.221 e. The van der Waals surface area contributed by atoms with E-state index in [-0.39, 0.29) is 5.91 Å². The van der Waals surface area contributed by atoms with Gasteiger partial charge in [0, 0.05) is 24.6 Å². The highest BCUT2D eigenvalue weighted by Crippen LogP contribution is 2.17. The van der Waals surface area contributed by atoms with E-state index in [1.54, 1.807) is 6.07 Å². The molecule has 0 aliphatic rings. The Bertz CT molecular complexity index is 377. The van der Waals surface area contributed by atoms with Gasteiger partial charge >= 0.3 is 0 Å². The highest BCUT2D eigenvalue weighted by Gasteiger charge is 1.97. The van der Waals surface area contributed by atoms with Crippen molar-refractivity contribution >= 4 is 23.2 Å². The van der Waals surface area contributed by atoms with E-state index in [1.165, 1.54) is 6.92 Å². The van der Waals surface area contributed by atoms with Crippen LogP contribution >= 0.6 is 11.6 Å². The Morgan fingerprint density at radius 3 is 3.00 bits per heavy atom. The van der Waals surface area contributed by atoms with Crippen molar-refractivity contribution in [1.29, 1.82) is 0 Å². The fraction of sp³-hybridized carbons (Fsp3) is 0.250. The van der Waals surface area contributed by atoms with Gasteiger partial charge in [-0.1, -0.05) is 18.2 Å². The van der Waals surface area contributed by atoms with Crippen molar-refractivity contribution in [2.45, 2.75) is 6.92 Å². The molecule has 0 atom stereocenters. The van der Waals surface area contributed by atoms with Crippen LogP contribution < -0.4 is 10.1 Å². The quantitative estimate of drug-likeness (QED) is 0.634. The number of rotatable bonds is 5. The molecule has 0 aromatic heterocycles. The second-order valence-electron chi connectivity index (χ2n) is 3.15. The fourth-order valence-corrected chi connectivity index (χ4v) is 1.27. The molecule has 0 aliphatic carbocycles. The molecule has 0 saturated carbocycles. The molecule has 0 bridgehead atoms. The van der Waals surface area contributed by atoms with Gasteiger partial charge in [-0.05, 0) is 12.1 Å². The Labute approximate surface area is 100 Å². The fourth-order valence-electron chi connectivity index (χ4n) is 1.14. The highest BCUT2D eigenvalue weighted by atomic mass is 35.5. The van der Waals surface area contributed by atoms with Crippen molar-refractivity contribution in [1.82, 2.24) is 0 Å². The molecule has 1 aromatic carbocycles. The van der Waals surface area contributed by atoms with Gasteiger partial charge in [0.1, 0.15) is 12.4 Å². The third-order valence-corrected chi connectivity index (χ3v) is 1.93. The van der Waals surface area contributed by atoms with E-state index in [9.17, 15) is 4.79 Å². The molecule has 0 spiro atoms. The maximum absolute atomic E-state index is 10.8. The third kappa shape index (κ3) is 4.84. The van der Waals surface area contributed by atoms with E-state index in [0.717, 1.165) is 5.69 Å². The largest absolute Gasteiger partial charge is 0.489 e. The van der Waals surface area contributed by atoms with Gasteiger partial charge in [-0.15, -0.1) is 11.6 Å². The predicted octanol–water partition coefficient (Wildman–Crippen LogP) is 2.82. The molecule has 0 saturated heterocycles. The van der Waals surface area contributed by atoms with Gasteiger partial charge in [0.05, 0.1) is 0 Å². The van der Waals surface area contributed by atoms with Gasteiger partial charge in [-0.25, -0.2) is 0 Å². The lowest BCUT2D eigenvalue weighted by molar-refractivity contribution is -0.114. The number of nitrogens with one attached hydrogen (secondary N) is 1. The van der Waals surface area contributed by atoms with Crippen molar-refractivity contribution in [3.63, 3.8) is 0 Å². The van der Waals surface area contributed by atoms with Crippen LogP contribution in [-0.4, -0.2) is 18.4 Å². The standard InChI is InChI=1S/C12H14ClNO2/c1-10(15)14-11-5-4-6-12(9-11)16-8-3-2-7-13/h2-6,9H,7-8H2,1H3,(H,14,15). The summed E-state index contributed by atoms with van der Waals surface area (Å²) in [6.45, 7) is 1.94. The lowest BCUT2D eigenvalue weighted by atomic mass is 10.3. The third-order valence-electron chi connectivity index (χ3n) is 1.76. The van der Waals surface area contributed by atoms with E-state index in [2.05, 4.69) is 5.32 Å². The molecule has 4 heteroatoms. The second-order valence-corrected chi connectivity index (χ2v) is 3.45. The number of carbonyl (C=O) groups excluding carboxylic acids is 1. The second kappa shape index (κ2) is 6.90. The minimum absolute atomic E-state index is 0.0980. The van der Waals surface area contributed by atoms with Crippen LogP contribution in [0.25, 0.3) is 0 Å². The molecule has 1 aromatic rings. The van der Waals surface area contributed by atoms with Crippen LogP contribution in [0.15, 0.2) is 36.4 Å². The van der Waals surface area contributed by atoms with Gasteiger partial charge in [0.25, 0.3) is 0 Å². The van der Waals surface area contributed by atoms with E-state index in [0.29, 0.717) is 18.2 Å². The Kier molecular flexibility index (Phi) is 5.43. The number of alkyl halides is 1. The molecule has 1 rings (SSSR count). The van der Waals surface area contributed by atoms with Crippen molar-refractivity contribution in [2.24, 2.45) is 0 Å². The topological polar surface area (TPSA) is 38.3 Å². The number of halogens is 1. The summed E-state index contributed by atoms with van der Waals surface area (Å²) in [6, 6.07) is 7.24. The van der Waals surface area contributed by atoms with Crippen molar-refractivity contribution in [3.05, 3.63) is 36.4 Å². The normalized spacial score (nSPS) is 10.4. The monoisotopic (exact) mass is 239 g/mol. The number of anilines is 1. The maximum Gasteiger partial charge on any atom is 0.221 e. The summed E-state index contributed by atoms with van der Waals surface area (Å²) in [4.78, 5) is 10.8. The summed E-state index contributed by atoms with van der Waals surface area (Å²) >= 11 is 5.48. The van der Waals surface area contributed by atoms with E-state index < -0.39 is 0 Å². The lowest BCUT2D eigenvalue weighted by Crippen LogP contribution is -2.05. The van der Waals surface area contributed by atoms with Crippen LogP contribution in [0.3, 0.4) is 0 Å². The summed E-state index contributed by atoms with van der Waals surface area (Å²) in [5.41, 5.74) is 0.728. The van der Waals surface area contributed by atoms with Crippen LogP contribution in [0.4, 0.5) is 5.69 Å². The van der Waals surface area contributed by atoms with Gasteiger partial charge in [0.15, 0.2) is 0 Å². The summed E-state index contributed by atoms with van der Waals surface area (Å²) in [7, 11) is 0. The molecule has 0 fully saturated rings. The minimum Gasteiger partial charge on any atom is -0.489 e. The number of ether oxygens (including phenoxy) is 1. The van der Waals surface area contributed by atoms with Crippen LogP contribution in [-0.2, 0) is 4.79 Å². The average molecular weight is 240 g/mol. The predicted molar refractivity (Wildman–Crippen MR) is 66.1 cm³/mol. The Balaban J connectivity index is 2.53. The molecule has 1 amide bonds. The number of hydrogen-bond donors (Lipinski definition) is 1. The molecule has 0 heterocycles. The molecule has 16 heavy (non-hydrogen) atoms. The Hall–Kier alpha value is -1.48. The SMILES string of the molecule is CC(=O)Nc1cccc(OCC=CCCl)c1. The van der Waals surface area contributed by atoms with Crippen LogP contribution in [0.2, 0.25) is 0 Å². The first-order valence-electron chi connectivity index (χ1n) is 4.94. The number of carbonyl (C=O) groups is 1. The van der Waals surface area contributed by atoms with Crippen LogP contribution in [0, 0.1) is 0 Å². The summed E-state index contributed by atoms with van der Waals surface area (Å²) < 4.78 is 5.43. The summed E-state index contributed by atoms with van der Waals surface area (Å²) in [6.07, 6.45) is 3.66. The highest BCUT2D eigenvalue weighted by molar-refractivity contribution is 6.18. The first-order chi connectivity index (χ1) is 7.72. The number of hydrogen-bond acceptors (Lipinski definition) is 2. The van der Waals surface area contributed by atoms with Gasteiger partial charge in [0.2, 0.25) is 5.91 Å². The van der Waals surface area contributed by atoms with E-state index >= 15 is 0 Å². The molecule has 86 valence electrons. The molecule has 0 unspecified atom stereocenters. The first-order valence-corrected chi connectivity index (χ1v) is 5.47. The zero-order valence-electron chi connectivity index (χ0n) is 9.07. The van der Waals surface area contributed by atoms with Crippen molar-refractivity contribution in [3.8, 4) is 5.75 Å². The molecular formula is C12H14ClNO2. The zero-order chi connectivity index (χ0) is 11.8. The van der Waals surface area contributed by atoms with Crippen molar-refractivity contribution < 1.29 is 9.53 Å². The first kappa shape index (κ1) is 12.6. The molecule has 1 N–H and O–H groups in total. The lowest BCUT2D eigenvalue weighted by Gasteiger charge is -2.06. The zero-order valence-corrected chi connectivity index (χ0v) is 9.83. The average Bonchev–Trinajstić information content (AvgIpc) is 2.24. The maximum atomic E-state index is 10.8. The van der Waals surface area contributed by atoms with E-state index in [1.807, 2.05) is 30.4 Å². The summed E-state index contributed by atoms with van der Waals surface area (Å²) in [5.74, 6) is 1.10. The number of amides is 1. The van der Waals surface area contributed by atoms with Gasteiger partial charge in [-0.2, -0.15) is 0 Å². The molecule has 3 nitrogen and oxygen atoms in total. The molecule has 0 radical (unpaired) electrons. The van der Waals surface area contributed by atoms with Gasteiger partial charge < -0.3 is 10.1 Å². The number of benzene rings is 1. The van der Waals surface area contributed by atoms with Crippen LogP contribution in [0.5, 0.6) is 5.75 Å². The summed E-state index contributed by atoms with van der Waals surface area (Å²) in [5, 5.41) is 2.69. The molecular weight excluding hydrogens is 226 g/mol. The minimum atomic E-state index is -0.0980. The van der Waals surface area contributed by atoms with E-state index in [4.69, 9.17) is 16.3 Å². The molecule has 0 aliphatic heterocycles. The Morgan fingerprint density at radius 1 is 1.50 bits per heavy atom.